The maximum absolute atomic E-state index is 12.2. The first-order valence-electron chi connectivity index (χ1n) is 7.16. The molecule has 1 heterocycles. The number of ether oxygens (including phenoxy) is 2. The van der Waals surface area contributed by atoms with E-state index in [0.717, 1.165) is 0 Å². The largest absolute Gasteiger partial charge is 0.573 e. The lowest BCUT2D eigenvalue weighted by molar-refractivity contribution is -0.274. The minimum absolute atomic E-state index is 0.279. The topological polar surface area (TPSA) is 92.3 Å². The standard InChI is InChI=1S/C16H11F3N4O3/c17-16(18,19)26-13-7-3-11(4-8-13)23-9-21-14(22-23)10-1-5-12(6-2-10)25-15(20)24/h1-9H,(H2,20,24). The molecule has 0 bridgehead atoms. The van der Waals surface area contributed by atoms with Gasteiger partial charge in [0.1, 0.15) is 17.8 Å². The van der Waals surface area contributed by atoms with Crippen LogP contribution in [0.2, 0.25) is 0 Å². The van der Waals surface area contributed by atoms with Gasteiger partial charge in [-0.05, 0) is 48.5 Å². The number of rotatable bonds is 4. The Labute approximate surface area is 144 Å². The lowest BCUT2D eigenvalue weighted by atomic mass is 10.2. The van der Waals surface area contributed by atoms with Crippen molar-refractivity contribution in [2.45, 2.75) is 6.36 Å². The van der Waals surface area contributed by atoms with Gasteiger partial charge in [0.05, 0.1) is 5.69 Å². The molecule has 0 atom stereocenters. The smallest absolute Gasteiger partial charge is 0.411 e. The van der Waals surface area contributed by atoms with Crippen LogP contribution in [0.15, 0.2) is 54.9 Å². The van der Waals surface area contributed by atoms with Gasteiger partial charge in [0.25, 0.3) is 0 Å². The highest BCUT2D eigenvalue weighted by Crippen LogP contribution is 2.24. The third-order valence-corrected chi connectivity index (χ3v) is 3.16. The molecule has 0 unspecified atom stereocenters. The first-order chi connectivity index (χ1) is 12.3. The summed E-state index contributed by atoms with van der Waals surface area (Å²) >= 11 is 0. The van der Waals surface area contributed by atoms with Crippen LogP contribution in [0.25, 0.3) is 17.1 Å². The van der Waals surface area contributed by atoms with E-state index in [2.05, 4.69) is 14.8 Å². The minimum Gasteiger partial charge on any atom is -0.411 e. The molecule has 2 aromatic carbocycles. The monoisotopic (exact) mass is 364 g/mol. The van der Waals surface area contributed by atoms with Crippen molar-refractivity contribution in [3.8, 4) is 28.6 Å². The molecule has 2 N–H and O–H groups in total. The molecule has 10 heteroatoms. The Hall–Kier alpha value is -3.56. The number of primary amides is 1. The maximum atomic E-state index is 12.2. The Kier molecular flexibility index (Phi) is 4.48. The molecular formula is C16H11F3N4O3. The van der Waals surface area contributed by atoms with Gasteiger partial charge in [0.2, 0.25) is 0 Å². The zero-order valence-corrected chi connectivity index (χ0v) is 13.0. The van der Waals surface area contributed by atoms with Gasteiger partial charge in [-0.1, -0.05) is 0 Å². The van der Waals surface area contributed by atoms with Crippen LogP contribution in [0.5, 0.6) is 11.5 Å². The van der Waals surface area contributed by atoms with E-state index in [-0.39, 0.29) is 11.5 Å². The molecule has 1 aromatic heterocycles. The van der Waals surface area contributed by atoms with Gasteiger partial charge in [-0.15, -0.1) is 18.3 Å². The van der Waals surface area contributed by atoms with Crippen LogP contribution in [0, 0.1) is 0 Å². The predicted octanol–water partition coefficient (Wildman–Crippen LogP) is 3.29. The Morgan fingerprint density at radius 1 is 1.00 bits per heavy atom. The summed E-state index contributed by atoms with van der Waals surface area (Å²) < 4.78 is 46.5. The summed E-state index contributed by atoms with van der Waals surface area (Å²) in [4.78, 5) is 14.8. The molecule has 0 radical (unpaired) electrons. The molecule has 26 heavy (non-hydrogen) atoms. The van der Waals surface area contributed by atoms with Gasteiger partial charge < -0.3 is 15.2 Å². The molecular weight excluding hydrogens is 353 g/mol. The summed E-state index contributed by atoms with van der Waals surface area (Å²) in [5.74, 6) is 0.332. The predicted molar refractivity (Wildman–Crippen MR) is 83.7 cm³/mol. The number of hydrogen-bond donors (Lipinski definition) is 1. The van der Waals surface area contributed by atoms with Crippen LogP contribution < -0.4 is 15.2 Å². The van der Waals surface area contributed by atoms with Crippen molar-refractivity contribution in [3.05, 3.63) is 54.9 Å². The van der Waals surface area contributed by atoms with Crippen LogP contribution >= 0.6 is 0 Å². The van der Waals surface area contributed by atoms with Crippen LogP contribution in [0.1, 0.15) is 0 Å². The molecule has 0 saturated carbocycles. The summed E-state index contributed by atoms with van der Waals surface area (Å²) in [5, 5.41) is 4.26. The molecule has 0 spiro atoms. The maximum Gasteiger partial charge on any atom is 0.573 e. The zero-order chi connectivity index (χ0) is 18.7. The van der Waals surface area contributed by atoms with Gasteiger partial charge in [0.15, 0.2) is 5.82 Å². The Balaban J connectivity index is 1.76. The Morgan fingerprint density at radius 3 is 2.19 bits per heavy atom. The average molecular weight is 364 g/mol. The van der Waals surface area contributed by atoms with Gasteiger partial charge in [0, 0.05) is 5.56 Å². The molecule has 134 valence electrons. The van der Waals surface area contributed by atoms with Crippen molar-refractivity contribution in [2.75, 3.05) is 0 Å². The molecule has 0 aliphatic rings. The number of hydrogen-bond acceptors (Lipinski definition) is 5. The third-order valence-electron chi connectivity index (χ3n) is 3.16. The summed E-state index contributed by atoms with van der Waals surface area (Å²) in [6.45, 7) is 0. The number of carbonyl (C=O) groups is 1. The highest BCUT2D eigenvalue weighted by atomic mass is 19.4. The normalized spacial score (nSPS) is 11.2. The van der Waals surface area contributed by atoms with Crippen molar-refractivity contribution in [1.29, 1.82) is 0 Å². The second-order valence-corrected chi connectivity index (χ2v) is 5.00. The molecule has 3 rings (SSSR count). The summed E-state index contributed by atoms with van der Waals surface area (Å²) in [5.41, 5.74) is 6.08. The van der Waals surface area contributed by atoms with E-state index in [1.807, 2.05) is 0 Å². The van der Waals surface area contributed by atoms with E-state index in [1.165, 1.54) is 47.4 Å². The number of nitrogens with two attached hydrogens (primary N) is 1. The van der Waals surface area contributed by atoms with Crippen LogP contribution in [0.4, 0.5) is 18.0 Å². The number of carbonyl (C=O) groups excluding carboxylic acids is 1. The van der Waals surface area contributed by atoms with Gasteiger partial charge >= 0.3 is 12.5 Å². The molecule has 0 aliphatic heterocycles. The number of amides is 1. The number of benzene rings is 2. The van der Waals surface area contributed by atoms with Crippen molar-refractivity contribution in [1.82, 2.24) is 14.8 Å². The highest BCUT2D eigenvalue weighted by molar-refractivity contribution is 5.68. The van der Waals surface area contributed by atoms with E-state index in [1.54, 1.807) is 12.1 Å². The molecule has 0 saturated heterocycles. The number of aromatic nitrogens is 3. The zero-order valence-electron chi connectivity index (χ0n) is 13.0. The van der Waals surface area contributed by atoms with Crippen molar-refractivity contribution in [3.63, 3.8) is 0 Å². The quantitative estimate of drug-likeness (QED) is 0.767. The van der Waals surface area contributed by atoms with Crippen LogP contribution in [-0.4, -0.2) is 27.2 Å². The molecule has 3 aromatic rings. The van der Waals surface area contributed by atoms with E-state index in [9.17, 15) is 18.0 Å². The first kappa shape index (κ1) is 17.3. The van der Waals surface area contributed by atoms with E-state index >= 15 is 0 Å². The number of alkyl halides is 3. The Morgan fingerprint density at radius 2 is 1.62 bits per heavy atom. The molecule has 1 amide bonds. The number of halogens is 3. The second kappa shape index (κ2) is 6.75. The molecule has 7 nitrogen and oxygen atoms in total. The van der Waals surface area contributed by atoms with Crippen LogP contribution in [0.3, 0.4) is 0 Å². The first-order valence-corrected chi connectivity index (χ1v) is 7.16. The summed E-state index contributed by atoms with van der Waals surface area (Å²) in [6.07, 6.45) is -4.24. The van der Waals surface area contributed by atoms with E-state index in [0.29, 0.717) is 17.1 Å². The Bertz CT molecular complexity index is 906. The summed E-state index contributed by atoms with van der Waals surface area (Å²) in [6, 6.07) is 11.5. The second-order valence-electron chi connectivity index (χ2n) is 5.00. The lowest BCUT2D eigenvalue weighted by Gasteiger charge is -2.09. The summed E-state index contributed by atoms with van der Waals surface area (Å²) in [7, 11) is 0. The highest BCUT2D eigenvalue weighted by Gasteiger charge is 2.30. The fourth-order valence-electron chi connectivity index (χ4n) is 2.11. The minimum atomic E-state index is -4.74. The van der Waals surface area contributed by atoms with Crippen molar-refractivity contribution < 1.29 is 27.4 Å². The average Bonchev–Trinajstić information content (AvgIpc) is 3.04. The molecule has 0 aliphatic carbocycles. The SMILES string of the molecule is NC(=O)Oc1ccc(-c2ncn(-c3ccc(OC(F)(F)F)cc3)n2)cc1. The van der Waals surface area contributed by atoms with E-state index in [4.69, 9.17) is 10.5 Å². The van der Waals surface area contributed by atoms with Gasteiger partial charge in [-0.25, -0.2) is 14.5 Å². The molecule has 0 fully saturated rings. The number of nitrogens with zero attached hydrogens (tertiary/aromatic N) is 3. The van der Waals surface area contributed by atoms with Gasteiger partial charge in [-0.2, -0.15) is 0 Å². The van der Waals surface area contributed by atoms with Gasteiger partial charge in [-0.3, -0.25) is 0 Å². The van der Waals surface area contributed by atoms with Crippen LogP contribution in [-0.2, 0) is 0 Å². The lowest BCUT2D eigenvalue weighted by Crippen LogP contribution is -2.17. The van der Waals surface area contributed by atoms with E-state index < -0.39 is 12.5 Å². The van der Waals surface area contributed by atoms with Crippen molar-refractivity contribution >= 4 is 6.09 Å². The third kappa shape index (κ3) is 4.29. The fourth-order valence-corrected chi connectivity index (χ4v) is 2.11. The fraction of sp³-hybridized carbons (Fsp3) is 0.0625. The van der Waals surface area contributed by atoms with Crippen molar-refractivity contribution in [2.24, 2.45) is 5.73 Å².